The second-order valence-electron chi connectivity index (χ2n) is 4.02. The minimum Gasteiger partial charge on any atom is -0.388 e. The molecule has 17 heavy (non-hydrogen) atoms. The fraction of sp³-hybridized carbons (Fsp3) is 0.500. The van der Waals surface area contributed by atoms with Crippen LogP contribution in [0.3, 0.4) is 0 Å². The van der Waals surface area contributed by atoms with Crippen molar-refractivity contribution in [1.29, 1.82) is 0 Å². The molecule has 0 amide bonds. The van der Waals surface area contributed by atoms with E-state index >= 15 is 0 Å². The lowest BCUT2D eigenvalue weighted by Crippen LogP contribution is -2.47. The van der Waals surface area contributed by atoms with E-state index in [2.05, 4.69) is 32.4 Å². The minimum atomic E-state index is 0.259. The summed E-state index contributed by atoms with van der Waals surface area (Å²) >= 11 is 4.94. The van der Waals surface area contributed by atoms with Crippen LogP contribution in [0, 0.1) is 0 Å². The van der Waals surface area contributed by atoms with Gasteiger partial charge in [-0.05, 0) is 7.05 Å². The average molecular weight is 252 g/mol. The number of piperazine rings is 1. The molecular formula is C10H16N6S. The maximum Gasteiger partial charge on any atom is 0.169 e. The molecule has 7 heteroatoms. The van der Waals surface area contributed by atoms with Crippen molar-refractivity contribution in [2.75, 3.05) is 38.7 Å². The van der Waals surface area contributed by atoms with E-state index in [-0.39, 0.29) is 4.99 Å². The third-order valence-electron chi connectivity index (χ3n) is 2.70. The van der Waals surface area contributed by atoms with Crippen molar-refractivity contribution in [3.63, 3.8) is 0 Å². The lowest BCUT2D eigenvalue weighted by atomic mass is 10.4. The Labute approximate surface area is 106 Å². The Hall–Kier alpha value is -1.31. The van der Waals surface area contributed by atoms with Crippen molar-refractivity contribution in [2.45, 2.75) is 0 Å². The number of nitrogens with zero attached hydrogens (tertiary/aromatic N) is 4. The smallest absolute Gasteiger partial charge is 0.169 e. The maximum atomic E-state index is 5.60. The Balaban J connectivity index is 2.05. The van der Waals surface area contributed by atoms with Gasteiger partial charge in [-0.25, -0.2) is 15.0 Å². The maximum absolute atomic E-state index is 5.60. The van der Waals surface area contributed by atoms with Gasteiger partial charge in [0.05, 0.1) is 0 Å². The van der Waals surface area contributed by atoms with Gasteiger partial charge in [0, 0.05) is 38.6 Å². The van der Waals surface area contributed by atoms with Gasteiger partial charge in [0.15, 0.2) is 5.82 Å². The molecule has 1 aliphatic heterocycles. The predicted molar refractivity (Wildman–Crippen MR) is 70.6 cm³/mol. The first-order valence-corrected chi connectivity index (χ1v) is 5.88. The number of anilines is 1. The summed E-state index contributed by atoms with van der Waals surface area (Å²) < 4.78 is 0. The lowest BCUT2D eigenvalue weighted by molar-refractivity contribution is 0.178. The summed E-state index contributed by atoms with van der Waals surface area (Å²) in [5, 5.41) is 2.10. The summed E-state index contributed by atoms with van der Waals surface area (Å²) in [6.07, 6.45) is 3.21. The molecule has 2 heterocycles. The lowest BCUT2D eigenvalue weighted by Gasteiger charge is -2.32. The zero-order valence-electron chi connectivity index (χ0n) is 9.76. The number of thiocarbonyl (C=S) groups is 1. The first-order chi connectivity index (χ1) is 8.16. The summed E-state index contributed by atoms with van der Waals surface area (Å²) in [6, 6.07) is 0. The van der Waals surface area contributed by atoms with Crippen LogP contribution in [0.4, 0.5) is 5.82 Å². The van der Waals surface area contributed by atoms with Crippen molar-refractivity contribution in [2.24, 2.45) is 5.73 Å². The fourth-order valence-corrected chi connectivity index (χ4v) is 1.82. The van der Waals surface area contributed by atoms with Crippen LogP contribution in [0.25, 0.3) is 0 Å². The van der Waals surface area contributed by atoms with Crippen LogP contribution in [-0.2, 0) is 0 Å². The fourth-order valence-electron chi connectivity index (χ4n) is 1.67. The number of hydrogen-bond donors (Lipinski definition) is 2. The molecule has 92 valence electrons. The zero-order chi connectivity index (χ0) is 12.3. The van der Waals surface area contributed by atoms with E-state index in [4.69, 9.17) is 18.0 Å². The highest BCUT2D eigenvalue weighted by Crippen LogP contribution is 2.10. The highest BCUT2D eigenvalue weighted by Gasteiger charge is 2.16. The first kappa shape index (κ1) is 12.2. The summed E-state index contributed by atoms with van der Waals surface area (Å²) in [5.74, 6) is 0.629. The average Bonchev–Trinajstić information content (AvgIpc) is 2.32. The van der Waals surface area contributed by atoms with Crippen molar-refractivity contribution >= 4 is 23.0 Å². The monoisotopic (exact) mass is 252 g/mol. The van der Waals surface area contributed by atoms with Crippen LogP contribution in [0.15, 0.2) is 12.4 Å². The van der Waals surface area contributed by atoms with Gasteiger partial charge in [-0.3, -0.25) is 0 Å². The minimum absolute atomic E-state index is 0.259. The topological polar surface area (TPSA) is 70.3 Å². The normalized spacial score (nSPS) is 17.9. The van der Waals surface area contributed by atoms with Crippen LogP contribution in [-0.4, -0.2) is 58.1 Å². The first-order valence-electron chi connectivity index (χ1n) is 5.48. The molecule has 0 bridgehead atoms. The summed E-state index contributed by atoms with van der Waals surface area (Å²) in [4.78, 5) is 10.9. The van der Waals surface area contributed by atoms with Crippen LogP contribution in [0.5, 0.6) is 0 Å². The number of hydrazine groups is 1. The second-order valence-corrected chi connectivity index (χ2v) is 4.46. The van der Waals surface area contributed by atoms with Gasteiger partial charge in [-0.1, -0.05) is 12.2 Å². The van der Waals surface area contributed by atoms with Gasteiger partial charge in [-0.2, -0.15) is 0 Å². The Morgan fingerprint density at radius 1 is 1.29 bits per heavy atom. The van der Waals surface area contributed by atoms with E-state index in [1.807, 2.05) is 0 Å². The summed E-state index contributed by atoms with van der Waals surface area (Å²) in [7, 11) is 2.11. The quantitative estimate of drug-likeness (QED) is 0.715. The van der Waals surface area contributed by atoms with E-state index in [0.29, 0.717) is 11.5 Å². The van der Waals surface area contributed by atoms with Crippen molar-refractivity contribution in [1.82, 2.24) is 19.9 Å². The van der Waals surface area contributed by atoms with Gasteiger partial charge in [-0.15, -0.1) is 0 Å². The van der Waals surface area contributed by atoms with Crippen LogP contribution in [0.2, 0.25) is 0 Å². The molecule has 1 aliphatic rings. The molecule has 0 aromatic carbocycles. The number of hydrogen-bond acceptors (Lipinski definition) is 6. The largest absolute Gasteiger partial charge is 0.388 e. The van der Waals surface area contributed by atoms with Gasteiger partial charge >= 0.3 is 0 Å². The molecule has 6 nitrogen and oxygen atoms in total. The van der Waals surface area contributed by atoms with E-state index < -0.39 is 0 Å². The van der Waals surface area contributed by atoms with Crippen LogP contribution in [0.1, 0.15) is 5.69 Å². The Morgan fingerprint density at radius 2 is 1.94 bits per heavy atom. The number of likely N-dealkylation sites (N-methyl/N-ethyl adjacent to an activating group) is 1. The number of aromatic nitrogens is 2. The molecule has 1 saturated heterocycles. The van der Waals surface area contributed by atoms with E-state index in [9.17, 15) is 0 Å². The van der Waals surface area contributed by atoms with E-state index in [1.165, 1.54) is 0 Å². The third kappa shape index (κ3) is 3.09. The van der Waals surface area contributed by atoms with E-state index in [0.717, 1.165) is 26.2 Å². The Morgan fingerprint density at radius 3 is 2.59 bits per heavy atom. The molecule has 1 fully saturated rings. The highest BCUT2D eigenvalue weighted by molar-refractivity contribution is 7.80. The van der Waals surface area contributed by atoms with Gasteiger partial charge in [0.25, 0.3) is 0 Å². The second kappa shape index (κ2) is 5.35. The molecule has 3 N–H and O–H groups in total. The van der Waals surface area contributed by atoms with Crippen molar-refractivity contribution in [3.05, 3.63) is 18.1 Å². The SMILES string of the molecule is CN1CCN(Nc2nccnc2C(N)=S)CC1. The standard InChI is InChI=1S/C10H16N6S/c1-15-4-6-16(7-5-15)14-10-8(9(11)17)12-2-3-13-10/h2-3H,4-7H2,1H3,(H2,11,17)(H,13,14). The van der Waals surface area contributed by atoms with Gasteiger partial charge in [0.1, 0.15) is 10.7 Å². The molecule has 0 unspecified atom stereocenters. The highest BCUT2D eigenvalue weighted by atomic mass is 32.1. The summed E-state index contributed by atoms with van der Waals surface area (Å²) in [6.45, 7) is 3.92. The molecule has 0 atom stereocenters. The third-order valence-corrected chi connectivity index (χ3v) is 2.89. The molecule has 0 aliphatic carbocycles. The predicted octanol–water partition coefficient (Wildman–Crippen LogP) is -0.315. The van der Waals surface area contributed by atoms with Crippen molar-refractivity contribution in [3.8, 4) is 0 Å². The van der Waals surface area contributed by atoms with Crippen LogP contribution >= 0.6 is 12.2 Å². The Kier molecular flexibility index (Phi) is 3.82. The molecule has 0 saturated carbocycles. The molecule has 2 rings (SSSR count). The van der Waals surface area contributed by atoms with Gasteiger partial charge in [0.2, 0.25) is 0 Å². The molecule has 0 spiro atoms. The zero-order valence-corrected chi connectivity index (χ0v) is 10.6. The number of nitrogens with one attached hydrogen (secondary N) is 1. The van der Waals surface area contributed by atoms with E-state index in [1.54, 1.807) is 12.4 Å². The Bertz CT molecular complexity index is 402. The number of rotatable bonds is 3. The van der Waals surface area contributed by atoms with Gasteiger partial charge < -0.3 is 16.1 Å². The van der Waals surface area contributed by atoms with Crippen molar-refractivity contribution < 1.29 is 0 Å². The number of nitrogens with two attached hydrogens (primary N) is 1. The molecule has 1 aromatic rings. The molecule has 1 aromatic heterocycles. The molecule has 0 radical (unpaired) electrons. The summed E-state index contributed by atoms with van der Waals surface area (Å²) in [5.41, 5.74) is 9.36. The van der Waals surface area contributed by atoms with Crippen LogP contribution < -0.4 is 11.2 Å². The molecular weight excluding hydrogens is 236 g/mol.